The van der Waals surface area contributed by atoms with Crippen molar-refractivity contribution in [3.05, 3.63) is 95.0 Å². The van der Waals surface area contributed by atoms with Gasteiger partial charge >= 0.3 is 0 Å². The highest BCUT2D eigenvalue weighted by atomic mass is 35.5. The number of benzene rings is 3. The van der Waals surface area contributed by atoms with Crippen LogP contribution in [0.3, 0.4) is 0 Å². The third kappa shape index (κ3) is 5.87. The highest BCUT2D eigenvalue weighted by molar-refractivity contribution is 6.30. The van der Waals surface area contributed by atoms with Crippen LogP contribution in [-0.2, 0) is 10.4 Å². The van der Waals surface area contributed by atoms with E-state index in [-0.39, 0.29) is 17.7 Å². The number of para-hydroxylation sites is 1. The highest BCUT2D eigenvalue weighted by Crippen LogP contribution is 2.46. The molecule has 7 heteroatoms. The van der Waals surface area contributed by atoms with Crippen LogP contribution in [0.1, 0.15) is 50.0 Å². The van der Waals surface area contributed by atoms with Gasteiger partial charge in [-0.1, -0.05) is 69.6 Å². The predicted molar refractivity (Wildman–Crippen MR) is 149 cm³/mol. The minimum Gasteiger partial charge on any atom is -0.457 e. The van der Waals surface area contributed by atoms with Crippen molar-refractivity contribution >= 4 is 23.4 Å². The third-order valence-electron chi connectivity index (χ3n) is 7.40. The average molecular weight is 535 g/mol. The van der Waals surface area contributed by atoms with E-state index >= 15 is 0 Å². The van der Waals surface area contributed by atoms with Crippen LogP contribution in [0.4, 0.5) is 0 Å². The zero-order valence-corrected chi connectivity index (χ0v) is 23.0. The van der Waals surface area contributed by atoms with Crippen molar-refractivity contribution < 1.29 is 19.4 Å². The van der Waals surface area contributed by atoms with Crippen molar-refractivity contribution in [3.63, 3.8) is 0 Å². The molecule has 0 unspecified atom stereocenters. The Hall–Kier alpha value is -3.35. The molecule has 0 aromatic heterocycles. The van der Waals surface area contributed by atoms with Crippen LogP contribution in [0.15, 0.2) is 78.9 Å². The molecule has 0 radical (unpaired) electrons. The summed E-state index contributed by atoms with van der Waals surface area (Å²) in [5.41, 5.74) is -0.490. The molecule has 0 aliphatic carbocycles. The molecule has 4 rings (SSSR count). The normalized spacial score (nSPS) is 19.6. The Bertz CT molecular complexity index is 1260. The fourth-order valence-corrected chi connectivity index (χ4v) is 5.13. The molecular formula is C31H35ClN2O4. The first-order chi connectivity index (χ1) is 18.0. The number of piperidine rings is 1. The Morgan fingerprint density at radius 3 is 2.13 bits per heavy atom. The van der Waals surface area contributed by atoms with Gasteiger partial charge in [-0.25, -0.2) is 0 Å². The van der Waals surface area contributed by atoms with E-state index in [0.717, 1.165) is 5.56 Å². The fraction of sp³-hybridized carbons (Fsp3) is 0.355. The molecule has 1 aliphatic heterocycles. The third-order valence-corrected chi connectivity index (χ3v) is 7.65. The number of carbonyl (C=O) groups excluding carboxylic acids is 2. The summed E-state index contributed by atoms with van der Waals surface area (Å²) >= 11 is 6.05. The molecule has 0 bridgehead atoms. The lowest BCUT2D eigenvalue weighted by Crippen LogP contribution is -2.60. The van der Waals surface area contributed by atoms with E-state index < -0.39 is 17.1 Å². The summed E-state index contributed by atoms with van der Waals surface area (Å²) in [5.74, 6) is 0.740. The maximum atomic E-state index is 13.6. The molecule has 1 heterocycles. The summed E-state index contributed by atoms with van der Waals surface area (Å²) in [6.07, 6.45) is 0.384. The van der Waals surface area contributed by atoms with Crippen molar-refractivity contribution in [3.8, 4) is 11.5 Å². The number of likely N-dealkylation sites (tertiary alicyclic amines) is 1. The second kappa shape index (κ2) is 11.2. The molecule has 2 atom stereocenters. The molecule has 1 aliphatic rings. The van der Waals surface area contributed by atoms with Gasteiger partial charge in [0.25, 0.3) is 5.91 Å². The van der Waals surface area contributed by atoms with Gasteiger partial charge in [0, 0.05) is 29.1 Å². The molecular weight excluding hydrogens is 500 g/mol. The Balaban J connectivity index is 1.43. The second-order valence-electron chi connectivity index (χ2n) is 10.9. The molecule has 1 saturated heterocycles. The minimum absolute atomic E-state index is 0.118. The zero-order chi connectivity index (χ0) is 27.5. The van der Waals surface area contributed by atoms with Gasteiger partial charge in [0.1, 0.15) is 17.5 Å². The van der Waals surface area contributed by atoms with Gasteiger partial charge in [-0.15, -0.1) is 0 Å². The molecule has 3 aromatic carbocycles. The summed E-state index contributed by atoms with van der Waals surface area (Å²) in [6.45, 7) is 8.49. The number of carbonyl (C=O) groups is 2. The first-order valence-corrected chi connectivity index (χ1v) is 13.3. The lowest BCUT2D eigenvalue weighted by Gasteiger charge is -2.51. The second-order valence-corrected chi connectivity index (χ2v) is 11.3. The van der Waals surface area contributed by atoms with Crippen LogP contribution in [0, 0.1) is 11.3 Å². The Morgan fingerprint density at radius 1 is 0.947 bits per heavy atom. The molecule has 0 spiro atoms. The molecule has 1 fully saturated rings. The Kier molecular flexibility index (Phi) is 8.14. The van der Waals surface area contributed by atoms with Crippen LogP contribution >= 0.6 is 11.6 Å². The van der Waals surface area contributed by atoms with Crippen molar-refractivity contribution in [2.75, 3.05) is 13.1 Å². The summed E-state index contributed by atoms with van der Waals surface area (Å²) < 4.78 is 5.80. The van der Waals surface area contributed by atoms with Gasteiger partial charge < -0.3 is 20.1 Å². The van der Waals surface area contributed by atoms with E-state index in [2.05, 4.69) is 5.32 Å². The highest BCUT2D eigenvalue weighted by Gasteiger charge is 2.50. The van der Waals surface area contributed by atoms with E-state index in [1.165, 1.54) is 0 Å². The van der Waals surface area contributed by atoms with E-state index in [9.17, 15) is 14.7 Å². The van der Waals surface area contributed by atoms with Gasteiger partial charge in [-0.2, -0.15) is 0 Å². The molecule has 2 amide bonds. The maximum Gasteiger partial charge on any atom is 0.251 e. The smallest absolute Gasteiger partial charge is 0.251 e. The molecule has 38 heavy (non-hydrogen) atoms. The summed E-state index contributed by atoms with van der Waals surface area (Å²) in [5, 5.41) is 15.2. The summed E-state index contributed by atoms with van der Waals surface area (Å²) in [7, 11) is 0. The molecule has 6 nitrogen and oxygen atoms in total. The topological polar surface area (TPSA) is 78.9 Å². The van der Waals surface area contributed by atoms with E-state index in [1.807, 2.05) is 70.2 Å². The van der Waals surface area contributed by atoms with Crippen molar-refractivity contribution in [1.82, 2.24) is 10.2 Å². The van der Waals surface area contributed by atoms with Gasteiger partial charge in [0.05, 0.1) is 5.60 Å². The minimum atomic E-state index is -1.10. The van der Waals surface area contributed by atoms with Crippen LogP contribution in [0.2, 0.25) is 5.02 Å². The number of rotatable bonds is 7. The number of hydrogen-bond acceptors (Lipinski definition) is 4. The van der Waals surface area contributed by atoms with E-state index in [4.69, 9.17) is 16.3 Å². The quantitative estimate of drug-likeness (QED) is 0.388. The Labute approximate surface area is 229 Å². The number of aliphatic hydroxyl groups is 1. The number of nitrogens with one attached hydrogen (secondary N) is 1. The molecule has 0 saturated carbocycles. The first kappa shape index (κ1) is 27.7. The monoisotopic (exact) mass is 534 g/mol. The predicted octanol–water partition coefficient (Wildman–Crippen LogP) is 6.03. The standard InChI is InChI=1S/C31H35ClN2O4/c1-21(2)27(33-28(35)22-10-16-26(17-11-22)38-25-8-6-5-7-9-25)29(36)34-19-18-31(37,30(3,4)20-34)23-12-14-24(32)15-13-23/h5-17,21,27,37H,18-20H2,1-4H3,(H,33,35)/t27-,31+/m1/s1. The maximum absolute atomic E-state index is 13.6. The molecule has 3 aromatic rings. The van der Waals surface area contributed by atoms with Gasteiger partial charge in [-0.3, -0.25) is 9.59 Å². The van der Waals surface area contributed by atoms with Crippen molar-refractivity contribution in [2.45, 2.75) is 45.8 Å². The summed E-state index contributed by atoms with van der Waals surface area (Å²) in [6, 6.07) is 22.8. The van der Waals surface area contributed by atoms with Crippen LogP contribution in [-0.4, -0.2) is 41.0 Å². The zero-order valence-electron chi connectivity index (χ0n) is 22.3. The van der Waals surface area contributed by atoms with Crippen LogP contribution < -0.4 is 10.1 Å². The van der Waals surface area contributed by atoms with E-state index in [1.54, 1.807) is 41.3 Å². The van der Waals surface area contributed by atoms with Crippen molar-refractivity contribution in [2.24, 2.45) is 11.3 Å². The fourth-order valence-electron chi connectivity index (χ4n) is 5.00. The van der Waals surface area contributed by atoms with Gasteiger partial charge in [0.15, 0.2) is 0 Å². The lowest BCUT2D eigenvalue weighted by atomic mass is 9.66. The van der Waals surface area contributed by atoms with Crippen LogP contribution in [0.5, 0.6) is 11.5 Å². The Morgan fingerprint density at radius 2 is 1.55 bits per heavy atom. The summed E-state index contributed by atoms with van der Waals surface area (Å²) in [4.78, 5) is 28.5. The SMILES string of the molecule is CC(C)[C@@H](NC(=O)c1ccc(Oc2ccccc2)cc1)C(=O)N1CC[C@](O)(c2ccc(Cl)cc2)C(C)(C)C1. The number of hydrogen-bond donors (Lipinski definition) is 2. The van der Waals surface area contributed by atoms with E-state index in [0.29, 0.717) is 41.6 Å². The largest absolute Gasteiger partial charge is 0.457 e. The van der Waals surface area contributed by atoms with Gasteiger partial charge in [0.2, 0.25) is 5.91 Å². The van der Waals surface area contributed by atoms with Gasteiger partial charge in [-0.05, 0) is 66.4 Å². The molecule has 2 N–H and O–H groups in total. The lowest BCUT2D eigenvalue weighted by molar-refractivity contribution is -0.155. The number of amides is 2. The number of halogens is 1. The first-order valence-electron chi connectivity index (χ1n) is 12.9. The molecule has 200 valence electrons. The average Bonchev–Trinajstić information content (AvgIpc) is 2.89. The number of ether oxygens (including phenoxy) is 1. The number of nitrogens with zero attached hydrogens (tertiary/aromatic N) is 1. The van der Waals surface area contributed by atoms with Crippen LogP contribution in [0.25, 0.3) is 0 Å². The van der Waals surface area contributed by atoms with Crippen molar-refractivity contribution in [1.29, 1.82) is 0 Å².